The zero-order chi connectivity index (χ0) is 25.7. The number of aliphatic hydroxyl groups excluding tert-OH is 1. The Kier molecular flexibility index (Phi) is 8.64. The minimum atomic E-state index is -0.489. The number of carbonyl (C=O) groups excluding carboxylic acids is 2. The Labute approximate surface area is 208 Å². The van der Waals surface area contributed by atoms with Crippen LogP contribution in [0.4, 0.5) is 4.39 Å². The number of aliphatic hydroxyl groups is 1. The number of nitrogens with one attached hydrogen (secondary N) is 1. The van der Waals surface area contributed by atoms with E-state index < -0.39 is 11.9 Å². The summed E-state index contributed by atoms with van der Waals surface area (Å²) in [6.45, 7) is 5.02. The monoisotopic (exact) mass is 501 g/mol. The molecule has 7 nitrogen and oxygen atoms in total. The Balaban J connectivity index is 1.74. The van der Waals surface area contributed by atoms with Gasteiger partial charge in [0, 0.05) is 43.9 Å². The lowest BCUT2D eigenvalue weighted by molar-refractivity contribution is 0.0929. The molecule has 0 saturated heterocycles. The van der Waals surface area contributed by atoms with E-state index in [2.05, 4.69) is 10.3 Å². The van der Waals surface area contributed by atoms with Crippen molar-refractivity contribution in [3.05, 3.63) is 70.4 Å². The van der Waals surface area contributed by atoms with E-state index in [0.717, 1.165) is 0 Å². The maximum atomic E-state index is 14.9. The lowest BCUT2D eigenvalue weighted by Crippen LogP contribution is -2.37. The summed E-state index contributed by atoms with van der Waals surface area (Å²) in [5.74, 6) is -0.315. The molecule has 1 aromatic heterocycles. The van der Waals surface area contributed by atoms with Crippen molar-refractivity contribution >= 4 is 23.3 Å². The molecule has 0 bridgehead atoms. The number of hydrogen-bond donors (Lipinski definition) is 2. The average molecular weight is 502 g/mol. The molecule has 0 aliphatic rings. The summed E-state index contributed by atoms with van der Waals surface area (Å²) in [6, 6.07) is 9.08. The molecule has 0 saturated carbocycles. The summed E-state index contributed by atoms with van der Waals surface area (Å²) in [5, 5.41) is 12.7. The number of hydrogen-bond acceptors (Lipinski definition) is 5. The van der Waals surface area contributed by atoms with E-state index in [4.69, 9.17) is 16.3 Å². The molecule has 2 aromatic carbocycles. The minimum absolute atomic E-state index is 0.0539. The Morgan fingerprint density at radius 1 is 1.23 bits per heavy atom. The number of rotatable bonds is 10. The van der Waals surface area contributed by atoms with Gasteiger partial charge in [-0.1, -0.05) is 17.7 Å². The van der Waals surface area contributed by atoms with Gasteiger partial charge in [-0.2, -0.15) is 0 Å². The van der Waals surface area contributed by atoms with Gasteiger partial charge in [-0.3, -0.25) is 9.59 Å². The van der Waals surface area contributed by atoms with E-state index in [1.165, 1.54) is 19.1 Å². The maximum absolute atomic E-state index is 14.9. The number of halogens is 2. The first-order valence-electron chi connectivity index (χ1n) is 11.3. The molecule has 1 heterocycles. The van der Waals surface area contributed by atoms with Gasteiger partial charge in [0.05, 0.1) is 16.8 Å². The molecule has 0 spiro atoms. The molecule has 0 aliphatic heterocycles. The second-order valence-electron chi connectivity index (χ2n) is 8.63. The quantitative estimate of drug-likeness (QED) is 0.396. The third kappa shape index (κ3) is 6.68. The average Bonchev–Trinajstić information content (AvgIpc) is 3.16. The number of carbonyl (C=O) groups is 2. The first-order valence-corrected chi connectivity index (χ1v) is 11.7. The number of ketones is 1. The third-order valence-corrected chi connectivity index (χ3v) is 5.65. The first-order chi connectivity index (χ1) is 16.6. The van der Waals surface area contributed by atoms with Crippen LogP contribution in [-0.2, 0) is 13.5 Å². The Hall–Kier alpha value is -3.23. The van der Waals surface area contributed by atoms with Crippen molar-refractivity contribution in [2.75, 3.05) is 6.61 Å². The van der Waals surface area contributed by atoms with Gasteiger partial charge in [0.2, 0.25) is 0 Å². The van der Waals surface area contributed by atoms with Crippen molar-refractivity contribution in [1.82, 2.24) is 14.9 Å². The predicted molar refractivity (Wildman–Crippen MR) is 132 cm³/mol. The lowest BCUT2D eigenvalue weighted by Gasteiger charge is -2.19. The molecule has 3 aromatic rings. The molecule has 0 radical (unpaired) electrons. The van der Waals surface area contributed by atoms with Crippen LogP contribution >= 0.6 is 11.6 Å². The van der Waals surface area contributed by atoms with Gasteiger partial charge >= 0.3 is 0 Å². The van der Waals surface area contributed by atoms with Gasteiger partial charge in [-0.15, -0.1) is 0 Å². The van der Waals surface area contributed by atoms with Crippen molar-refractivity contribution in [3.8, 4) is 17.0 Å². The van der Waals surface area contributed by atoms with Crippen LogP contribution in [0.2, 0.25) is 5.02 Å². The van der Waals surface area contributed by atoms with Gasteiger partial charge in [-0.05, 0) is 62.6 Å². The molecular weight excluding hydrogens is 473 g/mol. The summed E-state index contributed by atoms with van der Waals surface area (Å²) >= 11 is 6.24. The number of aryl methyl sites for hydroxylation is 1. The van der Waals surface area contributed by atoms with Crippen LogP contribution in [0.25, 0.3) is 11.3 Å². The van der Waals surface area contributed by atoms with Crippen molar-refractivity contribution in [2.45, 2.75) is 45.8 Å². The van der Waals surface area contributed by atoms with Crippen molar-refractivity contribution in [2.24, 2.45) is 7.05 Å². The van der Waals surface area contributed by atoms with Crippen molar-refractivity contribution in [3.63, 3.8) is 0 Å². The largest absolute Gasteiger partial charge is 0.489 e. The van der Waals surface area contributed by atoms with Gasteiger partial charge in [0.25, 0.3) is 5.91 Å². The van der Waals surface area contributed by atoms with Crippen LogP contribution < -0.4 is 10.1 Å². The van der Waals surface area contributed by atoms with Crippen LogP contribution in [0.15, 0.2) is 42.6 Å². The second-order valence-corrected chi connectivity index (χ2v) is 9.04. The van der Waals surface area contributed by atoms with E-state index in [1.807, 2.05) is 13.8 Å². The lowest BCUT2D eigenvalue weighted by atomic mass is 10.0. The number of Topliss-reactive ketones (excluding diaryl/α,β-unsaturated/α-hetero) is 1. The van der Waals surface area contributed by atoms with Crippen molar-refractivity contribution in [1.29, 1.82) is 0 Å². The standard InChI is InChI=1S/C26H29ClFN3O4/c1-15(2)35-24-8-6-18(13-21(24)27)26(34)29-19(9-10-32)11-17-5-7-20(22(28)12-17)23-14-31(4)25(30-23)16(3)33/h5-8,12-15,19,32H,9-11H2,1-4H3,(H,29,34)/t19-/m1/s1. The van der Waals surface area contributed by atoms with E-state index in [9.17, 15) is 19.1 Å². The highest BCUT2D eigenvalue weighted by atomic mass is 35.5. The molecule has 0 fully saturated rings. The summed E-state index contributed by atoms with van der Waals surface area (Å²) in [4.78, 5) is 28.7. The highest BCUT2D eigenvalue weighted by Gasteiger charge is 2.18. The second kappa shape index (κ2) is 11.5. The zero-order valence-electron chi connectivity index (χ0n) is 20.1. The zero-order valence-corrected chi connectivity index (χ0v) is 20.9. The number of benzene rings is 2. The fourth-order valence-corrected chi connectivity index (χ4v) is 3.97. The van der Waals surface area contributed by atoms with Gasteiger partial charge in [0.15, 0.2) is 11.6 Å². The molecule has 1 amide bonds. The fourth-order valence-electron chi connectivity index (χ4n) is 3.74. The van der Waals surface area contributed by atoms with E-state index in [0.29, 0.717) is 40.4 Å². The summed E-state index contributed by atoms with van der Waals surface area (Å²) in [6.07, 6.45) is 2.15. The summed E-state index contributed by atoms with van der Waals surface area (Å²) < 4.78 is 22.1. The molecule has 186 valence electrons. The van der Waals surface area contributed by atoms with Crippen LogP contribution in [-0.4, -0.2) is 45.1 Å². The Morgan fingerprint density at radius 2 is 1.97 bits per heavy atom. The van der Waals surface area contributed by atoms with Crippen LogP contribution in [0.3, 0.4) is 0 Å². The number of imidazole rings is 1. The Morgan fingerprint density at radius 3 is 2.54 bits per heavy atom. The van der Waals surface area contributed by atoms with E-state index >= 15 is 0 Å². The normalized spacial score (nSPS) is 12.0. The van der Waals surface area contributed by atoms with Crippen LogP contribution in [0.5, 0.6) is 5.75 Å². The number of amides is 1. The Bertz CT molecular complexity index is 1230. The van der Waals surface area contributed by atoms with Gasteiger partial charge in [-0.25, -0.2) is 9.37 Å². The number of ether oxygens (including phenoxy) is 1. The highest BCUT2D eigenvalue weighted by molar-refractivity contribution is 6.32. The van der Waals surface area contributed by atoms with Crippen molar-refractivity contribution < 1.29 is 23.8 Å². The maximum Gasteiger partial charge on any atom is 0.251 e. The molecular formula is C26H29ClFN3O4. The molecule has 2 N–H and O–H groups in total. The fraction of sp³-hybridized carbons (Fsp3) is 0.346. The van der Waals surface area contributed by atoms with Gasteiger partial charge in [0.1, 0.15) is 11.6 Å². The number of nitrogens with zero attached hydrogens (tertiary/aromatic N) is 2. The molecule has 1 atom stereocenters. The highest BCUT2D eigenvalue weighted by Crippen LogP contribution is 2.27. The molecule has 35 heavy (non-hydrogen) atoms. The SMILES string of the molecule is CC(=O)c1nc(-c2ccc(C[C@@H](CCO)NC(=O)c3ccc(OC(C)C)c(Cl)c3)cc2F)cn1C. The third-order valence-electron chi connectivity index (χ3n) is 5.35. The first kappa shape index (κ1) is 26.4. The molecule has 3 rings (SSSR count). The van der Waals surface area contributed by atoms with E-state index in [-0.39, 0.29) is 35.8 Å². The number of aromatic nitrogens is 2. The van der Waals surface area contributed by atoms with Crippen LogP contribution in [0, 0.1) is 5.82 Å². The molecule has 0 aliphatic carbocycles. The smallest absolute Gasteiger partial charge is 0.251 e. The summed E-state index contributed by atoms with van der Waals surface area (Å²) in [7, 11) is 1.68. The van der Waals surface area contributed by atoms with E-state index in [1.54, 1.807) is 42.1 Å². The predicted octanol–water partition coefficient (Wildman–Crippen LogP) is 4.59. The minimum Gasteiger partial charge on any atom is -0.489 e. The molecule has 0 unspecified atom stereocenters. The topological polar surface area (TPSA) is 93.4 Å². The van der Waals surface area contributed by atoms with Gasteiger partial charge < -0.3 is 19.7 Å². The molecule has 9 heteroatoms. The van der Waals surface area contributed by atoms with Crippen LogP contribution in [0.1, 0.15) is 53.7 Å². The summed E-state index contributed by atoms with van der Waals surface area (Å²) in [5.41, 5.74) is 1.64.